The van der Waals surface area contributed by atoms with Crippen LogP contribution in [0.2, 0.25) is 0 Å². The Hall–Kier alpha value is -1.40. The van der Waals surface area contributed by atoms with Crippen molar-refractivity contribution in [1.29, 1.82) is 0 Å². The minimum absolute atomic E-state index is 0.177. The lowest BCUT2D eigenvalue weighted by atomic mass is 10.1. The van der Waals surface area contributed by atoms with Crippen molar-refractivity contribution in [2.24, 2.45) is 16.8 Å². The van der Waals surface area contributed by atoms with Gasteiger partial charge in [0.15, 0.2) is 5.84 Å². The largest absolute Gasteiger partial charge is 0.409 e. The maximum atomic E-state index is 9.09. The van der Waals surface area contributed by atoms with Gasteiger partial charge in [-0.3, -0.25) is 0 Å². The number of thioether (sulfide) groups is 1. The van der Waals surface area contributed by atoms with E-state index in [2.05, 4.69) is 42.0 Å². The molecule has 116 valence electrons. The van der Waals surface area contributed by atoms with Gasteiger partial charge in [0.2, 0.25) is 0 Å². The van der Waals surface area contributed by atoms with Gasteiger partial charge in [-0.2, -0.15) is 0 Å². The molecule has 2 unspecified atom stereocenters. The van der Waals surface area contributed by atoms with Crippen LogP contribution in [0.4, 0.5) is 5.69 Å². The van der Waals surface area contributed by atoms with E-state index in [1.54, 1.807) is 11.8 Å². The molecule has 1 heterocycles. The van der Waals surface area contributed by atoms with Crippen LogP contribution in [-0.4, -0.2) is 55.4 Å². The van der Waals surface area contributed by atoms with Crippen LogP contribution in [0.15, 0.2) is 28.3 Å². The van der Waals surface area contributed by atoms with Crippen molar-refractivity contribution in [2.45, 2.75) is 17.9 Å². The van der Waals surface area contributed by atoms with E-state index in [1.165, 1.54) is 0 Å². The number of hydrogen-bond acceptors (Lipinski definition) is 5. The Labute approximate surface area is 130 Å². The van der Waals surface area contributed by atoms with Crippen LogP contribution in [0, 0.1) is 5.92 Å². The summed E-state index contributed by atoms with van der Waals surface area (Å²) in [5.41, 5.74) is 7.80. The van der Waals surface area contributed by atoms with Crippen LogP contribution in [0.3, 0.4) is 0 Å². The molecule has 2 atom stereocenters. The normalized spacial score (nSPS) is 23.1. The Bertz CT molecular complexity index is 532. The van der Waals surface area contributed by atoms with Crippen molar-refractivity contribution in [3.05, 3.63) is 23.8 Å². The zero-order valence-electron chi connectivity index (χ0n) is 13.1. The number of benzene rings is 1. The zero-order chi connectivity index (χ0) is 15.6. The molecule has 3 N–H and O–H groups in total. The first kappa shape index (κ1) is 16.0. The summed E-state index contributed by atoms with van der Waals surface area (Å²) in [5.74, 6) is 0.758. The van der Waals surface area contributed by atoms with Gasteiger partial charge in [-0.1, -0.05) is 18.1 Å². The third-order valence-electron chi connectivity index (χ3n) is 4.16. The van der Waals surface area contributed by atoms with Gasteiger partial charge in [0.25, 0.3) is 0 Å². The lowest BCUT2D eigenvalue weighted by Crippen LogP contribution is -2.34. The molecule has 0 radical (unpaired) electrons. The van der Waals surface area contributed by atoms with Crippen molar-refractivity contribution >= 4 is 23.3 Å². The van der Waals surface area contributed by atoms with Gasteiger partial charge in [-0.05, 0) is 38.4 Å². The van der Waals surface area contributed by atoms with Gasteiger partial charge in [-0.15, -0.1) is 11.8 Å². The quantitative estimate of drug-likeness (QED) is 0.292. The molecule has 6 heteroatoms. The van der Waals surface area contributed by atoms with E-state index in [0.717, 1.165) is 29.2 Å². The first-order valence-electron chi connectivity index (χ1n) is 7.05. The highest BCUT2D eigenvalue weighted by Crippen LogP contribution is 2.33. The third kappa shape index (κ3) is 3.11. The van der Waals surface area contributed by atoms with Crippen molar-refractivity contribution in [3.8, 4) is 0 Å². The van der Waals surface area contributed by atoms with Crippen molar-refractivity contribution in [1.82, 2.24) is 4.90 Å². The topological polar surface area (TPSA) is 65.1 Å². The highest BCUT2D eigenvalue weighted by atomic mass is 32.2. The fourth-order valence-electron chi connectivity index (χ4n) is 3.08. The van der Waals surface area contributed by atoms with Gasteiger partial charge in [0, 0.05) is 29.7 Å². The van der Waals surface area contributed by atoms with E-state index in [1.807, 2.05) is 18.4 Å². The van der Waals surface area contributed by atoms with Gasteiger partial charge in [0.05, 0.1) is 5.56 Å². The lowest BCUT2D eigenvalue weighted by molar-refractivity contribution is 0.266. The van der Waals surface area contributed by atoms with E-state index in [-0.39, 0.29) is 5.84 Å². The van der Waals surface area contributed by atoms with Crippen molar-refractivity contribution in [2.75, 3.05) is 38.3 Å². The molecule has 1 aliphatic rings. The fourth-order valence-corrected chi connectivity index (χ4v) is 3.71. The van der Waals surface area contributed by atoms with Gasteiger partial charge >= 0.3 is 0 Å². The number of hydrogen-bond donors (Lipinski definition) is 2. The molecule has 0 aromatic heterocycles. The molecule has 0 amide bonds. The molecule has 1 aromatic carbocycles. The summed E-state index contributed by atoms with van der Waals surface area (Å²) in [5, 5.41) is 12.3. The lowest BCUT2D eigenvalue weighted by Gasteiger charge is -2.25. The first-order valence-corrected chi connectivity index (χ1v) is 8.28. The Morgan fingerprint density at radius 3 is 2.67 bits per heavy atom. The SMILES string of the molecule is CSc1cccc(N2CC(C)C(N(C)C)C2)c1/C(N)=N/O. The second-order valence-corrected chi connectivity index (χ2v) is 6.60. The maximum Gasteiger partial charge on any atom is 0.173 e. The number of nitrogens with two attached hydrogens (primary N) is 1. The maximum absolute atomic E-state index is 9.09. The summed E-state index contributed by atoms with van der Waals surface area (Å²) in [6, 6.07) is 6.61. The van der Waals surface area contributed by atoms with Crippen LogP contribution in [0.1, 0.15) is 12.5 Å². The molecule has 0 bridgehead atoms. The molecular formula is C15H24N4OS. The molecule has 2 rings (SSSR count). The Morgan fingerprint density at radius 2 is 2.14 bits per heavy atom. The average Bonchev–Trinajstić information content (AvgIpc) is 2.87. The zero-order valence-corrected chi connectivity index (χ0v) is 13.9. The predicted molar refractivity (Wildman–Crippen MR) is 89.6 cm³/mol. The number of likely N-dealkylation sites (N-methyl/N-ethyl adjacent to an activating group) is 1. The molecule has 0 aliphatic carbocycles. The average molecular weight is 308 g/mol. The number of rotatable bonds is 4. The molecule has 1 aromatic rings. The van der Waals surface area contributed by atoms with E-state index in [9.17, 15) is 0 Å². The molecule has 1 saturated heterocycles. The highest BCUT2D eigenvalue weighted by Gasteiger charge is 2.32. The second kappa shape index (κ2) is 6.58. The summed E-state index contributed by atoms with van der Waals surface area (Å²) < 4.78 is 0. The van der Waals surface area contributed by atoms with Crippen molar-refractivity contribution in [3.63, 3.8) is 0 Å². The Morgan fingerprint density at radius 1 is 1.43 bits per heavy atom. The van der Waals surface area contributed by atoms with Gasteiger partial charge < -0.3 is 20.7 Å². The summed E-state index contributed by atoms with van der Waals surface area (Å²) in [4.78, 5) is 5.64. The minimum atomic E-state index is 0.177. The number of anilines is 1. The summed E-state index contributed by atoms with van der Waals surface area (Å²) in [7, 11) is 4.24. The minimum Gasteiger partial charge on any atom is -0.409 e. The summed E-state index contributed by atoms with van der Waals surface area (Å²) >= 11 is 1.61. The van der Waals surface area contributed by atoms with E-state index >= 15 is 0 Å². The van der Waals surface area contributed by atoms with Crippen LogP contribution < -0.4 is 10.6 Å². The van der Waals surface area contributed by atoms with Crippen molar-refractivity contribution < 1.29 is 5.21 Å². The standard InChI is InChI=1S/C15H24N4OS/c1-10-8-19(9-12(10)18(2)3)11-6-5-7-13(21-4)14(11)15(16)17-20/h5-7,10,12,20H,8-9H2,1-4H3,(H2,16,17). The number of oxime groups is 1. The molecule has 21 heavy (non-hydrogen) atoms. The second-order valence-electron chi connectivity index (χ2n) is 5.75. The van der Waals surface area contributed by atoms with Crippen LogP contribution in [-0.2, 0) is 0 Å². The monoisotopic (exact) mass is 308 g/mol. The molecule has 1 fully saturated rings. The van der Waals surface area contributed by atoms with Crippen LogP contribution in [0.5, 0.6) is 0 Å². The van der Waals surface area contributed by atoms with E-state index in [0.29, 0.717) is 12.0 Å². The number of nitrogens with zero attached hydrogens (tertiary/aromatic N) is 3. The molecular weight excluding hydrogens is 284 g/mol. The van der Waals surface area contributed by atoms with Gasteiger partial charge in [0.1, 0.15) is 0 Å². The molecule has 1 aliphatic heterocycles. The highest BCUT2D eigenvalue weighted by molar-refractivity contribution is 7.98. The molecule has 0 spiro atoms. The first-order chi connectivity index (χ1) is 9.99. The van der Waals surface area contributed by atoms with Crippen LogP contribution >= 0.6 is 11.8 Å². The summed E-state index contributed by atoms with van der Waals surface area (Å²) in [6.07, 6.45) is 2.00. The van der Waals surface area contributed by atoms with E-state index in [4.69, 9.17) is 10.9 Å². The van der Waals surface area contributed by atoms with E-state index < -0.39 is 0 Å². The van der Waals surface area contributed by atoms with Gasteiger partial charge in [-0.25, -0.2) is 0 Å². The number of amidine groups is 1. The Kier molecular flexibility index (Phi) is 5.00. The predicted octanol–water partition coefficient (Wildman–Crippen LogP) is 1.89. The third-order valence-corrected chi connectivity index (χ3v) is 4.94. The smallest absolute Gasteiger partial charge is 0.173 e. The Balaban J connectivity index is 2.41. The molecule has 5 nitrogen and oxygen atoms in total. The molecule has 0 saturated carbocycles. The van der Waals surface area contributed by atoms with Crippen LogP contribution in [0.25, 0.3) is 0 Å². The summed E-state index contributed by atoms with van der Waals surface area (Å²) in [6.45, 7) is 4.20. The fraction of sp³-hybridized carbons (Fsp3) is 0.533.